The molecular weight excluding hydrogens is 389 g/mol. The van der Waals surface area contributed by atoms with Crippen molar-refractivity contribution in [2.45, 2.75) is 6.18 Å². The first-order valence-electron chi connectivity index (χ1n) is 7.93. The van der Waals surface area contributed by atoms with Gasteiger partial charge in [-0.05, 0) is 35.9 Å². The Labute approximate surface area is 161 Å². The van der Waals surface area contributed by atoms with Gasteiger partial charge in [0.05, 0.1) is 18.5 Å². The van der Waals surface area contributed by atoms with Crippen molar-refractivity contribution >= 4 is 5.69 Å². The minimum atomic E-state index is -4.87. The van der Waals surface area contributed by atoms with Crippen molar-refractivity contribution in [3.05, 3.63) is 64.2 Å². The van der Waals surface area contributed by atoms with Crippen LogP contribution < -0.4 is 4.74 Å². The number of halogens is 3. The van der Waals surface area contributed by atoms with E-state index in [4.69, 9.17) is 10.3 Å². The molecule has 0 amide bonds. The van der Waals surface area contributed by atoms with Gasteiger partial charge >= 0.3 is 6.18 Å². The number of rotatable bonds is 4. The third-order valence-corrected chi connectivity index (χ3v) is 3.97. The Morgan fingerprint density at radius 2 is 1.93 bits per heavy atom. The Bertz CT molecular complexity index is 1160. The smallest absolute Gasteiger partial charge is 0.436 e. The second-order valence-corrected chi connectivity index (χ2v) is 5.69. The first-order valence-corrected chi connectivity index (χ1v) is 7.93. The quantitative estimate of drug-likeness (QED) is 0.373. The lowest BCUT2D eigenvalue weighted by atomic mass is 10.0. The molecule has 0 saturated carbocycles. The van der Waals surface area contributed by atoms with Crippen LogP contribution in [-0.4, -0.2) is 22.0 Å². The number of phenolic OH excluding ortho intramolecular Hbond substituents is 1. The average Bonchev–Trinajstić information content (AvgIpc) is 3.09. The molecule has 1 N–H and O–H groups in total. The summed E-state index contributed by atoms with van der Waals surface area (Å²) in [7, 11) is 1.33. The molecule has 3 rings (SSSR count). The Hall–Kier alpha value is -4.16. The van der Waals surface area contributed by atoms with E-state index in [1.807, 2.05) is 0 Å². The topological polar surface area (TPSA) is 120 Å². The highest BCUT2D eigenvalue weighted by Gasteiger charge is 2.40. The predicted octanol–water partition coefficient (Wildman–Crippen LogP) is 5.09. The van der Waals surface area contributed by atoms with Gasteiger partial charge in [-0.3, -0.25) is 0 Å². The van der Waals surface area contributed by atoms with Gasteiger partial charge in [0.25, 0.3) is 0 Å². The lowest BCUT2D eigenvalue weighted by molar-refractivity contribution is -0.141. The summed E-state index contributed by atoms with van der Waals surface area (Å²) in [6, 6.07) is 11.1. The largest absolute Gasteiger partial charge is 0.504 e. The van der Waals surface area contributed by atoms with Crippen molar-refractivity contribution in [1.82, 2.24) is 9.78 Å². The molecule has 11 heteroatoms. The van der Waals surface area contributed by atoms with Crippen LogP contribution in [0.4, 0.5) is 18.9 Å². The van der Waals surface area contributed by atoms with E-state index in [1.165, 1.54) is 49.6 Å². The molecule has 0 bridgehead atoms. The average molecular weight is 400 g/mol. The van der Waals surface area contributed by atoms with Crippen molar-refractivity contribution in [1.29, 1.82) is 5.26 Å². The standard InChI is InChI=1S/C18H11F3N6O2/c1-29-15-7-2-10(8-14(15)28)16-13(9-22)17(18(19,20)21)25-27(16)12-5-3-11(4-6-12)24-26-23/h2-8,28H,1H3. The first-order chi connectivity index (χ1) is 13.8. The maximum absolute atomic E-state index is 13.5. The third-order valence-electron chi connectivity index (χ3n) is 3.97. The molecule has 0 aliphatic heterocycles. The van der Waals surface area contributed by atoms with Crippen LogP contribution in [0.15, 0.2) is 47.6 Å². The third kappa shape index (κ3) is 3.65. The van der Waals surface area contributed by atoms with E-state index in [1.54, 1.807) is 6.07 Å². The van der Waals surface area contributed by atoms with Crippen LogP contribution in [0.5, 0.6) is 11.5 Å². The number of methoxy groups -OCH3 is 1. The number of aromatic nitrogens is 2. The molecule has 2 aromatic carbocycles. The van der Waals surface area contributed by atoms with Crippen molar-refractivity contribution in [3.63, 3.8) is 0 Å². The van der Waals surface area contributed by atoms with Crippen LogP contribution in [0, 0.1) is 11.3 Å². The number of phenols is 1. The molecule has 29 heavy (non-hydrogen) atoms. The van der Waals surface area contributed by atoms with Crippen LogP contribution in [-0.2, 0) is 6.18 Å². The number of nitriles is 1. The zero-order valence-corrected chi connectivity index (χ0v) is 14.7. The molecule has 1 heterocycles. The monoisotopic (exact) mass is 400 g/mol. The maximum atomic E-state index is 13.5. The van der Waals surface area contributed by atoms with Gasteiger partial charge < -0.3 is 9.84 Å². The first kappa shape index (κ1) is 19.6. The highest BCUT2D eigenvalue weighted by molar-refractivity contribution is 5.73. The summed E-state index contributed by atoms with van der Waals surface area (Å²) >= 11 is 0. The fraction of sp³-hybridized carbons (Fsp3) is 0.111. The summed E-state index contributed by atoms with van der Waals surface area (Å²) in [5, 5.41) is 26.5. The summed E-state index contributed by atoms with van der Waals surface area (Å²) in [4.78, 5) is 2.63. The molecule has 0 atom stereocenters. The summed E-state index contributed by atoms with van der Waals surface area (Å²) in [6.07, 6.45) is -4.87. The van der Waals surface area contributed by atoms with Gasteiger partial charge in [-0.15, -0.1) is 0 Å². The molecular formula is C18H11F3N6O2. The molecule has 0 radical (unpaired) electrons. The molecule has 0 fully saturated rings. The molecule has 0 saturated heterocycles. The van der Waals surface area contributed by atoms with Crippen molar-refractivity contribution in [2.24, 2.45) is 5.11 Å². The molecule has 146 valence electrons. The Kier molecular flexibility index (Phi) is 5.04. The van der Waals surface area contributed by atoms with Crippen LogP contribution in [0.3, 0.4) is 0 Å². The number of ether oxygens (including phenoxy) is 1. The van der Waals surface area contributed by atoms with Gasteiger partial charge in [-0.25, -0.2) is 4.68 Å². The fourth-order valence-corrected chi connectivity index (χ4v) is 2.73. The SMILES string of the molecule is COc1ccc(-c2c(C#N)c(C(F)(F)F)nn2-c2ccc(N=[N+]=[N-])cc2)cc1O. The molecule has 1 aromatic heterocycles. The Balaban J connectivity index is 2.30. The predicted molar refractivity (Wildman–Crippen MR) is 95.7 cm³/mol. The highest BCUT2D eigenvalue weighted by atomic mass is 19.4. The summed E-state index contributed by atoms with van der Waals surface area (Å²) < 4.78 is 46.3. The second-order valence-electron chi connectivity index (χ2n) is 5.69. The Morgan fingerprint density at radius 1 is 1.24 bits per heavy atom. The van der Waals surface area contributed by atoms with E-state index >= 15 is 0 Å². The van der Waals surface area contributed by atoms with Gasteiger partial charge in [0.1, 0.15) is 11.6 Å². The number of aromatic hydroxyl groups is 1. The number of alkyl halides is 3. The van der Waals surface area contributed by atoms with Gasteiger partial charge in [-0.2, -0.15) is 23.5 Å². The summed E-state index contributed by atoms with van der Waals surface area (Å²) in [5.74, 6) is -0.193. The van der Waals surface area contributed by atoms with Gasteiger partial charge in [0.2, 0.25) is 0 Å². The maximum Gasteiger partial charge on any atom is 0.436 e. The molecule has 0 spiro atoms. The minimum absolute atomic E-state index is 0.119. The highest BCUT2D eigenvalue weighted by Crippen LogP contribution is 2.39. The van der Waals surface area contributed by atoms with Crippen molar-refractivity contribution in [3.8, 4) is 34.5 Å². The van der Waals surface area contributed by atoms with Gasteiger partial charge in [-0.1, -0.05) is 17.2 Å². The molecule has 0 aliphatic rings. The van der Waals surface area contributed by atoms with Crippen LogP contribution >= 0.6 is 0 Å². The van der Waals surface area contributed by atoms with E-state index < -0.39 is 17.4 Å². The number of hydrogen-bond acceptors (Lipinski definition) is 5. The molecule has 8 nitrogen and oxygen atoms in total. The fourth-order valence-electron chi connectivity index (χ4n) is 2.73. The lowest BCUT2D eigenvalue weighted by Gasteiger charge is -2.10. The van der Waals surface area contributed by atoms with Crippen LogP contribution in [0.1, 0.15) is 11.3 Å². The van der Waals surface area contributed by atoms with Crippen molar-refractivity contribution in [2.75, 3.05) is 7.11 Å². The number of hydrogen-bond donors (Lipinski definition) is 1. The van der Waals surface area contributed by atoms with E-state index in [2.05, 4.69) is 15.1 Å². The second kappa shape index (κ2) is 7.46. The van der Waals surface area contributed by atoms with Gasteiger partial charge in [0.15, 0.2) is 17.2 Å². The van der Waals surface area contributed by atoms with E-state index in [0.29, 0.717) is 0 Å². The van der Waals surface area contributed by atoms with E-state index in [9.17, 15) is 23.5 Å². The molecule has 0 aliphatic carbocycles. The van der Waals surface area contributed by atoms with Crippen LogP contribution in [0.2, 0.25) is 0 Å². The lowest BCUT2D eigenvalue weighted by Crippen LogP contribution is -2.08. The molecule has 0 unspecified atom stereocenters. The Morgan fingerprint density at radius 3 is 2.45 bits per heavy atom. The zero-order chi connectivity index (χ0) is 21.2. The number of nitrogens with zero attached hydrogens (tertiary/aromatic N) is 6. The number of azide groups is 1. The van der Waals surface area contributed by atoms with E-state index in [-0.39, 0.29) is 34.1 Å². The van der Waals surface area contributed by atoms with Crippen LogP contribution in [0.25, 0.3) is 27.4 Å². The molecule has 3 aromatic rings. The minimum Gasteiger partial charge on any atom is -0.504 e. The summed E-state index contributed by atoms with van der Waals surface area (Å²) in [6.45, 7) is 0. The van der Waals surface area contributed by atoms with E-state index in [0.717, 1.165) is 4.68 Å². The zero-order valence-electron chi connectivity index (χ0n) is 14.7. The van der Waals surface area contributed by atoms with Crippen molar-refractivity contribution < 1.29 is 23.0 Å². The summed E-state index contributed by atoms with van der Waals surface area (Å²) in [5.41, 5.74) is 6.84. The normalized spacial score (nSPS) is 10.9. The van der Waals surface area contributed by atoms with Gasteiger partial charge in [0, 0.05) is 16.2 Å². The number of benzene rings is 2.